The molecule has 37 heavy (non-hydrogen) atoms. The quantitative estimate of drug-likeness (QED) is 0.204. The van der Waals surface area contributed by atoms with E-state index in [2.05, 4.69) is 39.0 Å². The number of hydrogen-bond donors (Lipinski definition) is 0. The summed E-state index contributed by atoms with van der Waals surface area (Å²) in [7, 11) is 1.42. The van der Waals surface area contributed by atoms with E-state index in [1.807, 2.05) is 0 Å². The van der Waals surface area contributed by atoms with Crippen LogP contribution >= 0.6 is 0 Å². The number of esters is 1. The molecule has 0 amide bonds. The van der Waals surface area contributed by atoms with Gasteiger partial charge in [-0.1, -0.05) is 43.5 Å². The van der Waals surface area contributed by atoms with Crippen LogP contribution in [-0.2, 0) is 23.8 Å². The summed E-state index contributed by atoms with van der Waals surface area (Å²) in [6.07, 6.45) is 11.6. The van der Waals surface area contributed by atoms with Gasteiger partial charge in [0.1, 0.15) is 5.78 Å². The average molecular weight is 515 g/mol. The third-order valence-electron chi connectivity index (χ3n) is 8.51. The maximum atomic E-state index is 13.3. The fourth-order valence-electron chi connectivity index (χ4n) is 6.31. The lowest BCUT2D eigenvalue weighted by molar-refractivity contribution is -0.141. The zero-order valence-corrected chi connectivity index (χ0v) is 23.8. The van der Waals surface area contributed by atoms with Crippen LogP contribution < -0.4 is 0 Å². The topological polar surface area (TPSA) is 61.8 Å². The van der Waals surface area contributed by atoms with Crippen molar-refractivity contribution in [3.05, 3.63) is 34.9 Å². The molecule has 5 heteroatoms. The summed E-state index contributed by atoms with van der Waals surface area (Å²) in [6, 6.07) is 6.55. The highest BCUT2D eigenvalue weighted by Crippen LogP contribution is 2.41. The normalized spacial score (nSPS) is 24.2. The maximum Gasteiger partial charge on any atom is 0.305 e. The summed E-state index contributed by atoms with van der Waals surface area (Å²) in [6.45, 7) is 8.88. The molecule has 0 N–H and O–H groups in total. The molecular weight excluding hydrogens is 464 g/mol. The SMILES string of the molecule is COC(=O)CCCOC(c1cc(C)ccc1C)C1CCCC(C(=O)CCC(C)CC2CCCCOC2)C1. The van der Waals surface area contributed by atoms with Crippen molar-refractivity contribution in [3.63, 3.8) is 0 Å². The van der Waals surface area contributed by atoms with Gasteiger partial charge in [0.2, 0.25) is 0 Å². The molecule has 1 aliphatic heterocycles. The summed E-state index contributed by atoms with van der Waals surface area (Å²) in [4.78, 5) is 24.9. The Kier molecular flexibility index (Phi) is 12.6. The van der Waals surface area contributed by atoms with Gasteiger partial charge >= 0.3 is 5.97 Å². The smallest absolute Gasteiger partial charge is 0.305 e. The molecule has 0 bridgehead atoms. The maximum absolute atomic E-state index is 13.3. The van der Waals surface area contributed by atoms with Gasteiger partial charge in [0.25, 0.3) is 0 Å². The molecule has 2 aliphatic rings. The molecule has 1 saturated carbocycles. The zero-order valence-electron chi connectivity index (χ0n) is 23.8. The van der Waals surface area contributed by atoms with Gasteiger partial charge in [-0.15, -0.1) is 0 Å². The summed E-state index contributed by atoms with van der Waals surface area (Å²) >= 11 is 0. The fourth-order valence-corrected chi connectivity index (χ4v) is 6.31. The average Bonchev–Trinajstić information content (AvgIpc) is 3.17. The van der Waals surface area contributed by atoms with Crippen LogP contribution in [0.3, 0.4) is 0 Å². The van der Waals surface area contributed by atoms with E-state index < -0.39 is 0 Å². The van der Waals surface area contributed by atoms with Crippen LogP contribution in [0.2, 0.25) is 0 Å². The molecule has 1 aromatic carbocycles. The monoisotopic (exact) mass is 514 g/mol. The van der Waals surface area contributed by atoms with E-state index in [1.54, 1.807) is 0 Å². The second-order valence-electron chi connectivity index (χ2n) is 11.7. The van der Waals surface area contributed by atoms with Crippen LogP contribution in [0.15, 0.2) is 18.2 Å². The van der Waals surface area contributed by atoms with Crippen molar-refractivity contribution in [2.24, 2.45) is 23.7 Å². The minimum atomic E-state index is -0.198. The lowest BCUT2D eigenvalue weighted by atomic mass is 9.74. The molecule has 0 spiro atoms. The fraction of sp³-hybridized carbons (Fsp3) is 0.750. The number of ketones is 1. The second kappa shape index (κ2) is 15.6. The summed E-state index contributed by atoms with van der Waals surface area (Å²) < 4.78 is 17.0. The summed E-state index contributed by atoms with van der Waals surface area (Å²) in [5, 5.41) is 0. The lowest BCUT2D eigenvalue weighted by Gasteiger charge is -2.35. The Balaban J connectivity index is 1.57. The molecule has 5 unspecified atom stereocenters. The Morgan fingerprint density at radius 3 is 2.73 bits per heavy atom. The minimum Gasteiger partial charge on any atom is -0.469 e. The Labute approximate surface area is 225 Å². The molecule has 1 aliphatic carbocycles. The van der Waals surface area contributed by atoms with Crippen LogP contribution in [0, 0.1) is 37.5 Å². The lowest BCUT2D eigenvalue weighted by Crippen LogP contribution is -2.28. The van der Waals surface area contributed by atoms with Crippen LogP contribution in [-0.4, -0.2) is 38.7 Å². The number of ether oxygens (including phenoxy) is 3. The van der Waals surface area contributed by atoms with Crippen molar-refractivity contribution in [1.82, 2.24) is 0 Å². The van der Waals surface area contributed by atoms with Gasteiger partial charge in [-0.25, -0.2) is 0 Å². The standard InChI is InChI=1S/C32H50O5/c1-23(19-26-9-5-6-17-36-22-26)14-16-30(33)27-10-7-11-28(21-27)32(37-18-8-12-31(34)35-4)29-20-24(2)13-15-25(29)3/h13,15,20,23,26-28,32H,5-12,14,16-19,21-22H2,1-4H3. The third-order valence-corrected chi connectivity index (χ3v) is 8.51. The van der Waals surface area contributed by atoms with Crippen molar-refractivity contribution in [2.45, 2.75) is 104 Å². The zero-order chi connectivity index (χ0) is 26.6. The Bertz CT molecular complexity index is 842. The van der Waals surface area contributed by atoms with Crippen molar-refractivity contribution < 1.29 is 23.8 Å². The first-order valence-corrected chi connectivity index (χ1v) is 14.7. The highest BCUT2D eigenvalue weighted by atomic mass is 16.5. The molecule has 5 atom stereocenters. The molecule has 3 rings (SSSR count). The Morgan fingerprint density at radius 1 is 1.08 bits per heavy atom. The van der Waals surface area contributed by atoms with Crippen LogP contribution in [0.1, 0.15) is 107 Å². The largest absolute Gasteiger partial charge is 0.469 e. The third kappa shape index (κ3) is 9.83. The van der Waals surface area contributed by atoms with E-state index in [4.69, 9.17) is 14.2 Å². The van der Waals surface area contributed by atoms with Crippen molar-refractivity contribution >= 4 is 11.8 Å². The first-order chi connectivity index (χ1) is 17.9. The van der Waals surface area contributed by atoms with Crippen molar-refractivity contribution in [3.8, 4) is 0 Å². The number of carbonyl (C=O) groups excluding carboxylic acids is 2. The molecule has 1 aromatic rings. The van der Waals surface area contributed by atoms with Crippen molar-refractivity contribution in [1.29, 1.82) is 0 Å². The first-order valence-electron chi connectivity index (χ1n) is 14.7. The molecule has 208 valence electrons. The first kappa shape index (κ1) is 29.8. The molecule has 0 aromatic heterocycles. The number of carbonyl (C=O) groups is 2. The molecule has 1 saturated heterocycles. The summed E-state index contributed by atoms with van der Waals surface area (Å²) in [5.74, 6) is 1.92. The van der Waals surface area contributed by atoms with E-state index in [-0.39, 0.29) is 18.0 Å². The molecular formula is C32H50O5. The number of benzene rings is 1. The van der Waals surface area contributed by atoms with Crippen LogP contribution in [0.25, 0.3) is 0 Å². The van der Waals surface area contributed by atoms with Gasteiger partial charge in [-0.3, -0.25) is 9.59 Å². The highest BCUT2D eigenvalue weighted by molar-refractivity contribution is 5.81. The summed E-state index contributed by atoms with van der Waals surface area (Å²) in [5.41, 5.74) is 3.68. The minimum absolute atomic E-state index is 0.0395. The van der Waals surface area contributed by atoms with Crippen LogP contribution in [0.4, 0.5) is 0 Å². The van der Waals surface area contributed by atoms with Crippen LogP contribution in [0.5, 0.6) is 0 Å². The molecule has 2 fully saturated rings. The van der Waals surface area contributed by atoms with E-state index >= 15 is 0 Å². The van der Waals surface area contributed by atoms with Gasteiger partial charge < -0.3 is 14.2 Å². The van der Waals surface area contributed by atoms with E-state index in [0.29, 0.717) is 49.4 Å². The number of rotatable bonds is 13. The van der Waals surface area contributed by atoms with Crippen molar-refractivity contribution in [2.75, 3.05) is 26.9 Å². The highest BCUT2D eigenvalue weighted by Gasteiger charge is 2.34. The number of methoxy groups -OCH3 is 1. The van der Waals surface area contributed by atoms with Gasteiger partial charge in [-0.05, 0) is 94.1 Å². The van der Waals surface area contributed by atoms with Gasteiger partial charge in [0.05, 0.1) is 13.2 Å². The molecule has 5 nitrogen and oxygen atoms in total. The second-order valence-corrected chi connectivity index (χ2v) is 11.7. The van der Waals surface area contributed by atoms with E-state index in [0.717, 1.165) is 45.3 Å². The number of hydrogen-bond acceptors (Lipinski definition) is 5. The van der Waals surface area contributed by atoms with Gasteiger partial charge in [-0.2, -0.15) is 0 Å². The van der Waals surface area contributed by atoms with E-state index in [1.165, 1.54) is 49.5 Å². The van der Waals surface area contributed by atoms with Gasteiger partial charge in [0, 0.05) is 38.6 Å². The number of Topliss-reactive ketones (excluding diaryl/α,β-unsaturated/α-hetero) is 1. The van der Waals surface area contributed by atoms with E-state index in [9.17, 15) is 9.59 Å². The predicted molar refractivity (Wildman–Crippen MR) is 147 cm³/mol. The number of aryl methyl sites for hydroxylation is 2. The Hall–Kier alpha value is -1.72. The molecule has 1 heterocycles. The van der Waals surface area contributed by atoms with Gasteiger partial charge in [0.15, 0.2) is 0 Å². The molecule has 0 radical (unpaired) electrons. The Morgan fingerprint density at radius 2 is 1.92 bits per heavy atom. The predicted octanol–water partition coefficient (Wildman–Crippen LogP) is 7.31.